The van der Waals surface area contributed by atoms with Gasteiger partial charge in [0.15, 0.2) is 5.75 Å². The second-order valence-corrected chi connectivity index (χ2v) is 6.56. The Morgan fingerprint density at radius 1 is 0.931 bits per heavy atom. The lowest BCUT2D eigenvalue weighted by Gasteiger charge is -2.13. The van der Waals surface area contributed by atoms with Crippen LogP contribution >= 0.6 is 0 Å². The van der Waals surface area contributed by atoms with Gasteiger partial charge in [-0.15, -0.1) is 0 Å². The molecular formula is C21H24N6O2. The van der Waals surface area contributed by atoms with Gasteiger partial charge in [-0.1, -0.05) is 13.8 Å². The summed E-state index contributed by atoms with van der Waals surface area (Å²) in [5.41, 5.74) is 3.59. The van der Waals surface area contributed by atoms with Crippen LogP contribution in [0.25, 0.3) is 11.4 Å². The van der Waals surface area contributed by atoms with Crippen molar-refractivity contribution < 1.29 is 9.84 Å². The van der Waals surface area contributed by atoms with Crippen LogP contribution in [0.1, 0.15) is 25.2 Å². The smallest absolute Gasteiger partial charge is 0.171 e. The molecule has 150 valence electrons. The molecule has 1 aromatic carbocycles. The molecule has 3 aromatic heterocycles. The first-order valence-corrected chi connectivity index (χ1v) is 9.75. The Kier molecular flexibility index (Phi) is 5.44. The van der Waals surface area contributed by atoms with Crippen LogP contribution in [0, 0.1) is 0 Å². The van der Waals surface area contributed by atoms with Gasteiger partial charge in [0.2, 0.25) is 0 Å². The molecule has 0 radical (unpaired) electrons. The molecule has 0 unspecified atom stereocenters. The number of aromatic nitrogens is 6. The van der Waals surface area contributed by atoms with Gasteiger partial charge in [0.25, 0.3) is 0 Å². The lowest BCUT2D eigenvalue weighted by molar-refractivity contribution is 0.267. The first-order chi connectivity index (χ1) is 14.2. The number of rotatable bonds is 8. The number of ether oxygens (including phenoxy) is 1. The fourth-order valence-electron chi connectivity index (χ4n) is 3.36. The van der Waals surface area contributed by atoms with Crippen LogP contribution < -0.4 is 4.74 Å². The minimum absolute atomic E-state index is 0.0372. The molecule has 8 nitrogen and oxygen atoms in total. The molecule has 8 heteroatoms. The number of nitrogens with zero attached hydrogens (tertiary/aromatic N) is 6. The lowest BCUT2D eigenvalue weighted by Crippen LogP contribution is -2.08. The van der Waals surface area contributed by atoms with Gasteiger partial charge in [-0.3, -0.25) is 4.68 Å². The fourth-order valence-corrected chi connectivity index (χ4v) is 3.36. The van der Waals surface area contributed by atoms with Crippen molar-refractivity contribution >= 4 is 0 Å². The average molecular weight is 392 g/mol. The van der Waals surface area contributed by atoms with E-state index in [9.17, 15) is 5.11 Å². The van der Waals surface area contributed by atoms with Crippen LogP contribution in [0.3, 0.4) is 0 Å². The third-order valence-corrected chi connectivity index (χ3v) is 4.69. The van der Waals surface area contributed by atoms with E-state index in [0.29, 0.717) is 12.3 Å². The van der Waals surface area contributed by atoms with E-state index in [2.05, 4.69) is 22.2 Å². The maximum Gasteiger partial charge on any atom is 0.171 e. The molecule has 0 spiro atoms. The molecule has 3 heterocycles. The van der Waals surface area contributed by atoms with E-state index >= 15 is 0 Å². The molecule has 29 heavy (non-hydrogen) atoms. The predicted molar refractivity (Wildman–Crippen MR) is 109 cm³/mol. The number of aliphatic hydroxyl groups excluding tert-OH is 1. The average Bonchev–Trinajstić information content (AvgIpc) is 3.49. The molecule has 0 saturated carbocycles. The quantitative estimate of drug-likeness (QED) is 0.498. The topological polar surface area (TPSA) is 82.9 Å². The summed E-state index contributed by atoms with van der Waals surface area (Å²) in [6.45, 7) is 4.60. The zero-order chi connectivity index (χ0) is 20.2. The number of aliphatic hydroxyl groups is 1. The Morgan fingerprint density at radius 3 is 2.07 bits per heavy atom. The second kappa shape index (κ2) is 8.32. The predicted octanol–water partition coefficient (Wildman–Crippen LogP) is 3.16. The first kappa shape index (κ1) is 18.9. The van der Waals surface area contributed by atoms with Crippen molar-refractivity contribution in [2.24, 2.45) is 0 Å². The number of hydrogen-bond donors (Lipinski definition) is 1. The standard InChI is InChI=1S/C21H24N6O2/c1-3-19-21(20(4-2)27(24-19)11-12-28)29-18-14-16(25-9-5-7-22-25)13-17(15-18)26-10-6-8-23-26/h5-10,13-15,28H,3-4,11-12H2,1-2H3. The van der Waals surface area contributed by atoms with Crippen molar-refractivity contribution in [2.45, 2.75) is 33.2 Å². The van der Waals surface area contributed by atoms with Crippen LogP contribution in [0.4, 0.5) is 0 Å². The molecule has 4 aromatic rings. The lowest BCUT2D eigenvalue weighted by atomic mass is 10.2. The van der Waals surface area contributed by atoms with Gasteiger partial charge in [0.1, 0.15) is 11.4 Å². The van der Waals surface area contributed by atoms with Gasteiger partial charge in [-0.25, -0.2) is 9.36 Å². The third-order valence-electron chi connectivity index (χ3n) is 4.69. The highest BCUT2D eigenvalue weighted by Crippen LogP contribution is 2.32. The van der Waals surface area contributed by atoms with E-state index in [1.807, 2.05) is 54.3 Å². The Bertz CT molecular complexity index is 1010. The highest BCUT2D eigenvalue weighted by atomic mass is 16.5. The highest BCUT2D eigenvalue weighted by Gasteiger charge is 2.18. The molecule has 0 fully saturated rings. The summed E-state index contributed by atoms with van der Waals surface area (Å²) < 4.78 is 11.8. The number of benzene rings is 1. The van der Waals surface area contributed by atoms with E-state index in [4.69, 9.17) is 4.74 Å². The maximum absolute atomic E-state index is 9.37. The molecule has 0 aliphatic rings. The highest BCUT2D eigenvalue weighted by molar-refractivity contribution is 5.51. The SMILES string of the molecule is CCc1nn(CCO)c(CC)c1Oc1cc(-n2cccn2)cc(-n2cccn2)c1. The van der Waals surface area contributed by atoms with E-state index in [1.165, 1.54) is 0 Å². The van der Waals surface area contributed by atoms with Crippen molar-refractivity contribution in [3.05, 3.63) is 66.5 Å². The number of aryl methyl sites for hydroxylation is 1. The fraction of sp³-hybridized carbons (Fsp3) is 0.286. The van der Waals surface area contributed by atoms with Crippen LogP contribution in [-0.4, -0.2) is 41.1 Å². The molecule has 0 bridgehead atoms. The van der Waals surface area contributed by atoms with Crippen molar-refractivity contribution in [1.82, 2.24) is 29.3 Å². The van der Waals surface area contributed by atoms with Gasteiger partial charge in [0, 0.05) is 36.9 Å². The minimum Gasteiger partial charge on any atom is -0.453 e. The Hall–Kier alpha value is -3.39. The molecular weight excluding hydrogens is 368 g/mol. The Morgan fingerprint density at radius 2 is 1.59 bits per heavy atom. The van der Waals surface area contributed by atoms with Crippen LogP contribution in [0.2, 0.25) is 0 Å². The zero-order valence-electron chi connectivity index (χ0n) is 16.6. The summed E-state index contributed by atoms with van der Waals surface area (Å²) >= 11 is 0. The molecule has 0 atom stereocenters. The molecule has 4 rings (SSSR count). The Balaban J connectivity index is 1.79. The molecule has 0 aliphatic heterocycles. The van der Waals surface area contributed by atoms with E-state index in [-0.39, 0.29) is 6.61 Å². The summed E-state index contributed by atoms with van der Waals surface area (Å²) in [6.07, 6.45) is 8.76. The minimum atomic E-state index is 0.0372. The number of hydrogen-bond acceptors (Lipinski definition) is 5. The van der Waals surface area contributed by atoms with E-state index in [0.717, 1.165) is 41.4 Å². The Labute approximate surface area is 169 Å². The van der Waals surface area contributed by atoms with Crippen LogP contribution in [-0.2, 0) is 19.4 Å². The summed E-state index contributed by atoms with van der Waals surface area (Å²) in [7, 11) is 0. The zero-order valence-corrected chi connectivity index (χ0v) is 16.6. The van der Waals surface area contributed by atoms with Crippen LogP contribution in [0.15, 0.2) is 55.1 Å². The summed E-state index contributed by atoms with van der Waals surface area (Å²) in [4.78, 5) is 0. The molecule has 0 saturated heterocycles. The van der Waals surface area contributed by atoms with Gasteiger partial charge in [-0.2, -0.15) is 15.3 Å². The van der Waals surface area contributed by atoms with Crippen molar-refractivity contribution in [3.63, 3.8) is 0 Å². The summed E-state index contributed by atoms with van der Waals surface area (Å²) in [6, 6.07) is 9.66. The normalized spacial score (nSPS) is 11.1. The van der Waals surface area contributed by atoms with Crippen molar-refractivity contribution in [1.29, 1.82) is 0 Å². The monoisotopic (exact) mass is 392 g/mol. The molecule has 0 aliphatic carbocycles. The maximum atomic E-state index is 9.37. The van der Waals surface area contributed by atoms with E-state index < -0.39 is 0 Å². The van der Waals surface area contributed by atoms with Gasteiger partial charge in [-0.05, 0) is 31.0 Å². The summed E-state index contributed by atoms with van der Waals surface area (Å²) in [5.74, 6) is 1.43. The summed E-state index contributed by atoms with van der Waals surface area (Å²) in [5, 5.41) is 22.7. The van der Waals surface area contributed by atoms with Gasteiger partial charge < -0.3 is 9.84 Å². The largest absolute Gasteiger partial charge is 0.453 e. The van der Waals surface area contributed by atoms with Crippen molar-refractivity contribution in [3.8, 4) is 22.9 Å². The second-order valence-electron chi connectivity index (χ2n) is 6.56. The van der Waals surface area contributed by atoms with Gasteiger partial charge >= 0.3 is 0 Å². The molecule has 0 amide bonds. The van der Waals surface area contributed by atoms with Crippen molar-refractivity contribution in [2.75, 3.05) is 6.61 Å². The van der Waals surface area contributed by atoms with Crippen LogP contribution in [0.5, 0.6) is 11.5 Å². The first-order valence-electron chi connectivity index (χ1n) is 9.75. The van der Waals surface area contributed by atoms with Gasteiger partial charge in [0.05, 0.1) is 30.2 Å². The van der Waals surface area contributed by atoms with E-state index in [1.54, 1.807) is 21.8 Å². The molecule has 1 N–H and O–H groups in total. The third kappa shape index (κ3) is 3.79.